The molecule has 1 aromatic rings. The summed E-state index contributed by atoms with van der Waals surface area (Å²) in [5.74, 6) is 0.546. The van der Waals surface area contributed by atoms with E-state index >= 15 is 0 Å². The van der Waals surface area contributed by atoms with E-state index < -0.39 is 0 Å². The number of hydrogen-bond donors (Lipinski definition) is 1. The molecule has 0 aliphatic rings. The summed E-state index contributed by atoms with van der Waals surface area (Å²) >= 11 is 0. The number of carbonyl (C=O) groups excluding carboxylic acids is 1. The fraction of sp³-hybridized carbons (Fsp3) is 0.667. The molecular weight excluding hydrogens is 254 g/mol. The number of carbonyl (C=O) groups is 1. The minimum Gasteiger partial charge on any atom is -0.342 e. The number of aromatic nitrogens is 2. The summed E-state index contributed by atoms with van der Waals surface area (Å²) in [7, 11) is 0. The molecule has 1 heterocycles. The van der Waals surface area contributed by atoms with Crippen LogP contribution in [0.25, 0.3) is 0 Å². The standard InChI is InChI=1S/C15H25N3O2/c1-8-10(4)11(9(2)3)16-13(19)12-17-14(20-18-12)15(5,6)7/h8-9,11H,1-7H3,(H,16,19)/b10-8-. The predicted octanol–water partition coefficient (Wildman–Crippen LogP) is 3.09. The third kappa shape index (κ3) is 3.92. The van der Waals surface area contributed by atoms with Crippen LogP contribution in [-0.4, -0.2) is 22.1 Å². The second-order valence-corrected chi connectivity index (χ2v) is 6.40. The van der Waals surface area contributed by atoms with E-state index in [1.165, 1.54) is 0 Å². The van der Waals surface area contributed by atoms with Crippen LogP contribution in [0.2, 0.25) is 0 Å². The molecule has 1 rings (SSSR count). The summed E-state index contributed by atoms with van der Waals surface area (Å²) in [6, 6.07) is -0.0240. The monoisotopic (exact) mass is 279 g/mol. The first-order chi connectivity index (χ1) is 9.16. The van der Waals surface area contributed by atoms with Crippen LogP contribution in [-0.2, 0) is 5.41 Å². The Bertz CT molecular complexity index is 495. The maximum Gasteiger partial charge on any atom is 0.293 e. The number of nitrogens with one attached hydrogen (secondary N) is 1. The van der Waals surface area contributed by atoms with Crippen molar-refractivity contribution < 1.29 is 9.32 Å². The summed E-state index contributed by atoms with van der Waals surface area (Å²) in [6.07, 6.45) is 2.00. The lowest BCUT2D eigenvalue weighted by Gasteiger charge is -2.22. The largest absolute Gasteiger partial charge is 0.342 e. The lowest BCUT2D eigenvalue weighted by atomic mass is 9.96. The van der Waals surface area contributed by atoms with Gasteiger partial charge in [0.25, 0.3) is 11.7 Å². The molecule has 5 heteroatoms. The summed E-state index contributed by atoms with van der Waals surface area (Å²) in [5.41, 5.74) is 0.857. The molecule has 0 saturated heterocycles. The zero-order chi connectivity index (χ0) is 15.5. The molecule has 1 amide bonds. The Morgan fingerprint density at radius 3 is 2.35 bits per heavy atom. The maximum atomic E-state index is 12.2. The van der Waals surface area contributed by atoms with Crippen molar-refractivity contribution in [1.29, 1.82) is 0 Å². The van der Waals surface area contributed by atoms with Gasteiger partial charge < -0.3 is 9.84 Å². The number of allylic oxidation sites excluding steroid dienone is 1. The minimum atomic E-state index is -0.302. The van der Waals surface area contributed by atoms with E-state index in [-0.39, 0.29) is 23.2 Å². The van der Waals surface area contributed by atoms with Crippen LogP contribution in [0.1, 0.15) is 65.0 Å². The van der Waals surface area contributed by atoms with Crippen LogP contribution in [0.4, 0.5) is 0 Å². The first-order valence-electron chi connectivity index (χ1n) is 6.94. The molecular formula is C15H25N3O2. The van der Waals surface area contributed by atoms with Gasteiger partial charge in [-0.05, 0) is 19.8 Å². The summed E-state index contributed by atoms with van der Waals surface area (Å²) in [6.45, 7) is 14.0. The van der Waals surface area contributed by atoms with E-state index in [4.69, 9.17) is 4.52 Å². The number of hydrogen-bond acceptors (Lipinski definition) is 4. The molecule has 5 nitrogen and oxygen atoms in total. The van der Waals surface area contributed by atoms with Crippen molar-refractivity contribution in [1.82, 2.24) is 15.5 Å². The van der Waals surface area contributed by atoms with Crippen molar-refractivity contribution in [2.24, 2.45) is 5.92 Å². The van der Waals surface area contributed by atoms with Crippen LogP contribution in [0.5, 0.6) is 0 Å². The van der Waals surface area contributed by atoms with Gasteiger partial charge in [0.1, 0.15) is 0 Å². The molecule has 0 aliphatic heterocycles. The van der Waals surface area contributed by atoms with E-state index in [0.717, 1.165) is 5.57 Å². The molecule has 0 radical (unpaired) electrons. The number of rotatable bonds is 4. The van der Waals surface area contributed by atoms with Crippen LogP contribution >= 0.6 is 0 Å². The quantitative estimate of drug-likeness (QED) is 0.860. The topological polar surface area (TPSA) is 68.0 Å². The number of amides is 1. The molecule has 20 heavy (non-hydrogen) atoms. The molecule has 1 N–H and O–H groups in total. The smallest absolute Gasteiger partial charge is 0.293 e. The van der Waals surface area contributed by atoms with E-state index in [2.05, 4.69) is 29.3 Å². The second kappa shape index (κ2) is 6.20. The van der Waals surface area contributed by atoms with Gasteiger partial charge in [-0.2, -0.15) is 4.98 Å². The van der Waals surface area contributed by atoms with Crippen LogP contribution in [0.15, 0.2) is 16.2 Å². The third-order valence-corrected chi connectivity index (χ3v) is 3.17. The van der Waals surface area contributed by atoms with E-state index in [9.17, 15) is 4.79 Å². The lowest BCUT2D eigenvalue weighted by molar-refractivity contribution is 0.0920. The zero-order valence-corrected chi connectivity index (χ0v) is 13.4. The highest BCUT2D eigenvalue weighted by molar-refractivity contribution is 5.90. The van der Waals surface area contributed by atoms with E-state index in [1.807, 2.05) is 40.7 Å². The van der Waals surface area contributed by atoms with E-state index in [0.29, 0.717) is 11.8 Å². The highest BCUT2D eigenvalue weighted by Crippen LogP contribution is 2.20. The van der Waals surface area contributed by atoms with Crippen molar-refractivity contribution in [3.05, 3.63) is 23.4 Å². The van der Waals surface area contributed by atoms with Crippen molar-refractivity contribution in [2.45, 2.75) is 59.9 Å². The van der Waals surface area contributed by atoms with Gasteiger partial charge in [-0.3, -0.25) is 4.79 Å². The van der Waals surface area contributed by atoms with Crippen molar-refractivity contribution in [3.63, 3.8) is 0 Å². The molecule has 1 atom stereocenters. The Morgan fingerprint density at radius 1 is 1.35 bits per heavy atom. The van der Waals surface area contributed by atoms with Gasteiger partial charge in [0, 0.05) is 5.41 Å². The van der Waals surface area contributed by atoms with Gasteiger partial charge in [-0.15, -0.1) is 0 Å². The first-order valence-corrected chi connectivity index (χ1v) is 6.94. The Hall–Kier alpha value is -1.65. The minimum absolute atomic E-state index is 0.0240. The molecule has 112 valence electrons. The Morgan fingerprint density at radius 2 is 1.95 bits per heavy atom. The van der Waals surface area contributed by atoms with Gasteiger partial charge in [0.05, 0.1) is 6.04 Å². The average molecular weight is 279 g/mol. The van der Waals surface area contributed by atoms with Crippen molar-refractivity contribution in [2.75, 3.05) is 0 Å². The van der Waals surface area contributed by atoms with Crippen molar-refractivity contribution >= 4 is 5.91 Å². The molecule has 0 saturated carbocycles. The van der Waals surface area contributed by atoms with Gasteiger partial charge >= 0.3 is 0 Å². The fourth-order valence-electron chi connectivity index (χ4n) is 1.81. The summed E-state index contributed by atoms with van der Waals surface area (Å²) in [4.78, 5) is 16.4. The average Bonchev–Trinajstić information content (AvgIpc) is 2.83. The third-order valence-electron chi connectivity index (χ3n) is 3.17. The maximum absolute atomic E-state index is 12.2. The normalized spacial score (nSPS) is 14.5. The summed E-state index contributed by atoms with van der Waals surface area (Å²) < 4.78 is 5.14. The summed E-state index contributed by atoms with van der Waals surface area (Å²) in [5, 5.41) is 6.72. The Kier molecular flexibility index (Phi) is 5.09. The molecule has 0 aromatic carbocycles. The van der Waals surface area contributed by atoms with E-state index in [1.54, 1.807) is 0 Å². The highest BCUT2D eigenvalue weighted by Gasteiger charge is 2.26. The zero-order valence-electron chi connectivity index (χ0n) is 13.4. The molecule has 0 fully saturated rings. The second-order valence-electron chi connectivity index (χ2n) is 6.40. The first kappa shape index (κ1) is 16.4. The molecule has 1 aromatic heterocycles. The molecule has 0 spiro atoms. The Balaban J connectivity index is 2.88. The van der Waals surface area contributed by atoms with Crippen molar-refractivity contribution in [3.8, 4) is 0 Å². The SMILES string of the molecule is C/C=C(/C)C(NC(=O)c1noc(C(C)(C)C)n1)C(C)C. The lowest BCUT2D eigenvalue weighted by Crippen LogP contribution is -2.39. The molecule has 0 bridgehead atoms. The van der Waals surface area contributed by atoms with Crippen LogP contribution < -0.4 is 5.32 Å². The molecule has 1 unspecified atom stereocenters. The van der Waals surface area contributed by atoms with Gasteiger partial charge in [-0.1, -0.05) is 51.4 Å². The fourth-order valence-corrected chi connectivity index (χ4v) is 1.81. The van der Waals surface area contributed by atoms with Gasteiger partial charge in [-0.25, -0.2) is 0 Å². The van der Waals surface area contributed by atoms with Gasteiger partial charge in [0.2, 0.25) is 5.89 Å². The predicted molar refractivity (Wildman–Crippen MR) is 78.5 cm³/mol. The van der Waals surface area contributed by atoms with Crippen LogP contribution in [0.3, 0.4) is 0 Å². The van der Waals surface area contributed by atoms with Gasteiger partial charge in [0.15, 0.2) is 0 Å². The molecule has 0 aliphatic carbocycles. The highest BCUT2D eigenvalue weighted by atomic mass is 16.5. The number of nitrogens with zero attached hydrogens (tertiary/aromatic N) is 2. The Labute approximate surface area is 120 Å². The van der Waals surface area contributed by atoms with Crippen LogP contribution in [0, 0.1) is 5.92 Å².